The van der Waals surface area contributed by atoms with Crippen LogP contribution >= 0.6 is 0 Å². The summed E-state index contributed by atoms with van der Waals surface area (Å²) in [5.74, 6) is -0.0316. The van der Waals surface area contributed by atoms with Gasteiger partial charge in [-0.05, 0) is 12.5 Å². The quantitative estimate of drug-likeness (QED) is 0.882. The van der Waals surface area contributed by atoms with Crippen molar-refractivity contribution in [3.05, 3.63) is 58.6 Å². The Hall–Kier alpha value is -2.55. The second-order valence-corrected chi connectivity index (χ2v) is 6.70. The molecule has 0 radical (unpaired) electrons. The summed E-state index contributed by atoms with van der Waals surface area (Å²) < 4.78 is 19.3. The fourth-order valence-electron chi connectivity index (χ4n) is 3.43. The molecule has 1 amide bonds. The number of carbonyl (C=O) groups excluding carboxylic acids is 1. The molecule has 2 aromatic rings. The van der Waals surface area contributed by atoms with Crippen LogP contribution in [0, 0.1) is 0 Å². The topological polar surface area (TPSA) is 91.7 Å². The molecule has 142 valence electrons. The van der Waals surface area contributed by atoms with Gasteiger partial charge in [0.15, 0.2) is 6.29 Å². The van der Waals surface area contributed by atoms with Gasteiger partial charge in [-0.2, -0.15) is 4.98 Å². The van der Waals surface area contributed by atoms with E-state index in [9.17, 15) is 9.59 Å². The van der Waals surface area contributed by atoms with E-state index in [-0.39, 0.29) is 30.0 Å². The van der Waals surface area contributed by atoms with Crippen LogP contribution in [0.2, 0.25) is 0 Å². The van der Waals surface area contributed by atoms with Gasteiger partial charge in [-0.15, -0.1) is 0 Å². The molecule has 4 atom stereocenters. The van der Waals surface area contributed by atoms with Crippen LogP contribution in [-0.2, 0) is 19.0 Å². The van der Waals surface area contributed by atoms with Crippen molar-refractivity contribution in [3.8, 4) is 0 Å². The first kappa shape index (κ1) is 17.8. The van der Waals surface area contributed by atoms with Gasteiger partial charge in [-0.3, -0.25) is 9.36 Å². The Morgan fingerprint density at radius 2 is 1.96 bits per heavy atom. The zero-order valence-electron chi connectivity index (χ0n) is 14.9. The predicted octanol–water partition coefficient (Wildman–Crippen LogP) is 1.65. The molecular formula is C19H21N3O5. The Morgan fingerprint density at radius 1 is 1.15 bits per heavy atom. The third-order valence-electron chi connectivity index (χ3n) is 4.73. The van der Waals surface area contributed by atoms with E-state index in [4.69, 9.17) is 14.2 Å². The van der Waals surface area contributed by atoms with Gasteiger partial charge in [0, 0.05) is 18.7 Å². The Balaban J connectivity index is 1.48. The highest BCUT2D eigenvalue weighted by Crippen LogP contribution is 2.34. The number of carbonyl (C=O) groups is 1. The highest BCUT2D eigenvalue weighted by molar-refractivity contribution is 5.87. The molecule has 8 nitrogen and oxygen atoms in total. The zero-order chi connectivity index (χ0) is 18.8. The molecule has 4 rings (SSSR count). The van der Waals surface area contributed by atoms with E-state index in [0.29, 0.717) is 19.6 Å². The average Bonchev–Trinajstić information content (AvgIpc) is 2.67. The van der Waals surface area contributed by atoms with Crippen LogP contribution in [0.25, 0.3) is 0 Å². The van der Waals surface area contributed by atoms with E-state index < -0.39 is 12.0 Å². The van der Waals surface area contributed by atoms with Crippen molar-refractivity contribution in [1.29, 1.82) is 0 Å². The second-order valence-electron chi connectivity index (χ2n) is 6.70. The number of aromatic nitrogens is 2. The largest absolute Gasteiger partial charge is 0.371 e. The van der Waals surface area contributed by atoms with Gasteiger partial charge < -0.3 is 19.5 Å². The zero-order valence-corrected chi connectivity index (χ0v) is 14.9. The van der Waals surface area contributed by atoms with Gasteiger partial charge in [0.05, 0.1) is 25.4 Å². The molecule has 1 unspecified atom stereocenters. The summed E-state index contributed by atoms with van der Waals surface area (Å²) in [4.78, 5) is 27.4. The number of hydrogen-bond donors (Lipinski definition) is 1. The third kappa shape index (κ3) is 3.92. The van der Waals surface area contributed by atoms with Gasteiger partial charge >= 0.3 is 5.69 Å². The number of anilines is 1. The lowest BCUT2D eigenvalue weighted by Gasteiger charge is -2.42. The first-order valence-electron chi connectivity index (χ1n) is 8.90. The van der Waals surface area contributed by atoms with Crippen LogP contribution in [0.4, 0.5) is 5.82 Å². The summed E-state index contributed by atoms with van der Waals surface area (Å²) >= 11 is 0. The van der Waals surface area contributed by atoms with Gasteiger partial charge in [0.1, 0.15) is 11.9 Å². The smallest absolute Gasteiger partial charge is 0.349 e. The van der Waals surface area contributed by atoms with Crippen LogP contribution < -0.4 is 11.0 Å². The highest BCUT2D eigenvalue weighted by Gasteiger charge is 2.39. The van der Waals surface area contributed by atoms with E-state index in [1.54, 1.807) is 12.3 Å². The summed E-state index contributed by atoms with van der Waals surface area (Å²) in [6.07, 6.45) is 1.49. The summed E-state index contributed by atoms with van der Waals surface area (Å²) in [7, 11) is 0. The molecular weight excluding hydrogens is 350 g/mol. The van der Waals surface area contributed by atoms with Crippen molar-refractivity contribution in [3.63, 3.8) is 0 Å². The standard InChI is InChI=1S/C19H21N3O5/c1-12(23)20-17-7-8-22(19(24)21-17)14-9-15-16(25-10-14)11-26-18(27-15)13-5-3-2-4-6-13/h2-8,14-16,18H,9-11H2,1H3,(H,20,21,23,24)/t14-,15-,16+,18?/m0/s1. The third-order valence-corrected chi connectivity index (χ3v) is 4.73. The Kier molecular flexibility index (Phi) is 5.02. The minimum Gasteiger partial charge on any atom is -0.371 e. The second kappa shape index (κ2) is 7.59. The first-order valence-corrected chi connectivity index (χ1v) is 8.90. The van der Waals surface area contributed by atoms with Crippen LogP contribution in [0.1, 0.15) is 31.2 Å². The van der Waals surface area contributed by atoms with Gasteiger partial charge in [0.2, 0.25) is 5.91 Å². The van der Waals surface area contributed by atoms with Crippen molar-refractivity contribution >= 4 is 11.7 Å². The normalized spacial score (nSPS) is 27.6. The number of nitrogens with one attached hydrogen (secondary N) is 1. The molecule has 8 heteroatoms. The molecule has 27 heavy (non-hydrogen) atoms. The molecule has 0 bridgehead atoms. The molecule has 3 heterocycles. The summed E-state index contributed by atoms with van der Waals surface area (Å²) in [6, 6.07) is 11.2. The summed E-state index contributed by atoms with van der Waals surface area (Å²) in [6.45, 7) is 2.20. The van der Waals surface area contributed by atoms with E-state index in [1.165, 1.54) is 11.5 Å². The van der Waals surface area contributed by atoms with Gasteiger partial charge in [0.25, 0.3) is 0 Å². The minimum absolute atomic E-state index is 0.150. The summed E-state index contributed by atoms with van der Waals surface area (Å²) in [5.41, 5.74) is 0.525. The lowest BCUT2D eigenvalue weighted by Crippen LogP contribution is -2.49. The number of rotatable bonds is 3. The van der Waals surface area contributed by atoms with Crippen molar-refractivity contribution in [1.82, 2.24) is 9.55 Å². The fraction of sp³-hybridized carbons (Fsp3) is 0.421. The van der Waals surface area contributed by atoms with Gasteiger partial charge in [-0.25, -0.2) is 4.79 Å². The molecule has 0 saturated carbocycles. The van der Waals surface area contributed by atoms with Crippen molar-refractivity contribution in [2.45, 2.75) is 37.9 Å². The van der Waals surface area contributed by atoms with Gasteiger partial charge in [-0.1, -0.05) is 30.3 Å². The fourth-order valence-corrected chi connectivity index (χ4v) is 3.43. The molecule has 0 spiro atoms. The summed E-state index contributed by atoms with van der Waals surface area (Å²) in [5, 5.41) is 2.51. The van der Waals surface area contributed by atoms with Crippen LogP contribution in [-0.4, -0.2) is 40.9 Å². The van der Waals surface area contributed by atoms with E-state index >= 15 is 0 Å². The lowest BCUT2D eigenvalue weighted by molar-refractivity contribution is -0.282. The SMILES string of the molecule is CC(=O)Nc1ccn([C@@H]2CO[C@@H]3COC(c4ccccc4)O[C@H]3C2)c(=O)n1. The minimum atomic E-state index is -0.438. The maximum absolute atomic E-state index is 12.3. The van der Waals surface area contributed by atoms with Crippen LogP contribution in [0.5, 0.6) is 0 Å². The molecule has 1 aromatic heterocycles. The number of amides is 1. The first-order chi connectivity index (χ1) is 13.1. The number of fused-ring (bicyclic) bond motifs is 1. The number of nitrogens with zero attached hydrogens (tertiary/aromatic N) is 2. The average molecular weight is 371 g/mol. The molecule has 2 aliphatic heterocycles. The molecule has 2 saturated heterocycles. The predicted molar refractivity (Wildman–Crippen MR) is 96.2 cm³/mol. The maximum atomic E-state index is 12.3. The molecule has 1 N–H and O–H groups in total. The lowest BCUT2D eigenvalue weighted by atomic mass is 10.0. The number of ether oxygens (including phenoxy) is 3. The molecule has 2 fully saturated rings. The van der Waals surface area contributed by atoms with Crippen LogP contribution in [0.15, 0.2) is 47.4 Å². The number of hydrogen-bond acceptors (Lipinski definition) is 6. The molecule has 0 aliphatic carbocycles. The van der Waals surface area contributed by atoms with Crippen molar-refractivity contribution in [2.24, 2.45) is 0 Å². The van der Waals surface area contributed by atoms with E-state index in [0.717, 1.165) is 5.56 Å². The maximum Gasteiger partial charge on any atom is 0.349 e. The highest BCUT2D eigenvalue weighted by atomic mass is 16.7. The molecule has 2 aliphatic rings. The van der Waals surface area contributed by atoms with Crippen LogP contribution in [0.3, 0.4) is 0 Å². The van der Waals surface area contributed by atoms with E-state index in [1.807, 2.05) is 30.3 Å². The Morgan fingerprint density at radius 3 is 2.70 bits per heavy atom. The molecule has 1 aromatic carbocycles. The Labute approximate surface area is 156 Å². The monoisotopic (exact) mass is 371 g/mol. The Bertz CT molecular complexity index is 869. The number of benzene rings is 1. The van der Waals surface area contributed by atoms with Crippen molar-refractivity contribution in [2.75, 3.05) is 18.5 Å². The van der Waals surface area contributed by atoms with E-state index in [2.05, 4.69) is 10.3 Å². The van der Waals surface area contributed by atoms with Crippen molar-refractivity contribution < 1.29 is 19.0 Å².